The monoisotopic (exact) mass is 233 g/mol. The molecule has 0 radical (unpaired) electrons. The summed E-state index contributed by atoms with van der Waals surface area (Å²) >= 11 is 0. The topological polar surface area (TPSA) is 21.3 Å². The van der Waals surface area contributed by atoms with Crippen LogP contribution in [-0.4, -0.2) is 19.2 Å². The maximum Gasteiger partial charge on any atom is 0.119 e. The lowest BCUT2D eigenvalue weighted by atomic mass is 9.83. The van der Waals surface area contributed by atoms with Crippen molar-refractivity contribution in [2.75, 3.05) is 13.1 Å². The van der Waals surface area contributed by atoms with E-state index in [1.165, 1.54) is 12.0 Å². The molecule has 0 spiro atoms. The number of rotatable bonds is 3. The van der Waals surface area contributed by atoms with Gasteiger partial charge >= 0.3 is 0 Å². The molecule has 17 heavy (non-hydrogen) atoms. The van der Waals surface area contributed by atoms with Gasteiger partial charge in [0.15, 0.2) is 0 Å². The lowest BCUT2D eigenvalue weighted by Crippen LogP contribution is -2.33. The van der Waals surface area contributed by atoms with Crippen molar-refractivity contribution in [2.24, 2.45) is 5.92 Å². The molecule has 1 aliphatic rings. The highest BCUT2D eigenvalue weighted by molar-refractivity contribution is 5.31. The molecule has 1 aromatic carbocycles. The fourth-order valence-electron chi connectivity index (χ4n) is 2.53. The number of hydrogen-bond donors (Lipinski definition) is 1. The summed E-state index contributed by atoms with van der Waals surface area (Å²) in [6, 6.07) is 8.58. The van der Waals surface area contributed by atoms with E-state index in [4.69, 9.17) is 4.74 Å². The molecule has 0 saturated carbocycles. The van der Waals surface area contributed by atoms with E-state index in [2.05, 4.69) is 44.3 Å². The first kappa shape index (κ1) is 12.4. The molecule has 2 atom stereocenters. The zero-order valence-electron chi connectivity index (χ0n) is 11.1. The zero-order chi connectivity index (χ0) is 12.3. The van der Waals surface area contributed by atoms with Gasteiger partial charge < -0.3 is 10.1 Å². The van der Waals surface area contributed by atoms with E-state index in [1.807, 2.05) is 6.07 Å². The molecular formula is C15H23NO. The van der Waals surface area contributed by atoms with Gasteiger partial charge in [-0.2, -0.15) is 0 Å². The fraction of sp³-hybridized carbons (Fsp3) is 0.600. The second-order valence-corrected chi connectivity index (χ2v) is 5.32. The standard InChI is InChI=1S/C15H23NO/c1-11(2)17-14-6-4-5-13(9-14)15-10-16-8-7-12(15)3/h4-6,9,11-12,15-16H,7-8,10H2,1-3H3. The Kier molecular flexibility index (Phi) is 4.06. The van der Waals surface area contributed by atoms with E-state index < -0.39 is 0 Å². The summed E-state index contributed by atoms with van der Waals surface area (Å²) in [7, 11) is 0. The first-order valence-electron chi connectivity index (χ1n) is 6.64. The summed E-state index contributed by atoms with van der Waals surface area (Å²) in [5.74, 6) is 2.38. The predicted molar refractivity (Wildman–Crippen MR) is 71.6 cm³/mol. The molecule has 2 heteroatoms. The van der Waals surface area contributed by atoms with E-state index in [1.54, 1.807) is 0 Å². The van der Waals surface area contributed by atoms with Crippen molar-refractivity contribution >= 4 is 0 Å². The van der Waals surface area contributed by atoms with Crippen molar-refractivity contribution in [3.8, 4) is 5.75 Å². The molecule has 0 aromatic heterocycles. The third-order valence-electron chi connectivity index (χ3n) is 3.49. The third-order valence-corrected chi connectivity index (χ3v) is 3.49. The summed E-state index contributed by atoms with van der Waals surface area (Å²) in [5.41, 5.74) is 1.41. The molecule has 0 amide bonds. The van der Waals surface area contributed by atoms with E-state index in [0.717, 1.165) is 24.8 Å². The van der Waals surface area contributed by atoms with Gasteiger partial charge in [0.1, 0.15) is 5.75 Å². The van der Waals surface area contributed by atoms with E-state index in [-0.39, 0.29) is 6.10 Å². The van der Waals surface area contributed by atoms with Crippen molar-refractivity contribution in [3.63, 3.8) is 0 Å². The largest absolute Gasteiger partial charge is 0.491 e. The summed E-state index contributed by atoms with van der Waals surface area (Å²) < 4.78 is 5.76. The quantitative estimate of drug-likeness (QED) is 0.865. The number of piperidine rings is 1. The lowest BCUT2D eigenvalue weighted by Gasteiger charge is -2.30. The van der Waals surface area contributed by atoms with Gasteiger partial charge in [0.05, 0.1) is 6.10 Å². The van der Waals surface area contributed by atoms with E-state index in [9.17, 15) is 0 Å². The summed E-state index contributed by atoms with van der Waals surface area (Å²) in [6.45, 7) is 8.72. The van der Waals surface area contributed by atoms with Crippen LogP contribution in [0, 0.1) is 5.92 Å². The van der Waals surface area contributed by atoms with Crippen LogP contribution in [0.5, 0.6) is 5.75 Å². The van der Waals surface area contributed by atoms with Gasteiger partial charge in [0.2, 0.25) is 0 Å². The normalized spacial score (nSPS) is 24.9. The van der Waals surface area contributed by atoms with Gasteiger partial charge in [-0.1, -0.05) is 19.1 Å². The molecule has 1 heterocycles. The maximum absolute atomic E-state index is 5.76. The van der Waals surface area contributed by atoms with Crippen LogP contribution in [0.1, 0.15) is 38.7 Å². The number of nitrogens with one attached hydrogen (secondary N) is 1. The average Bonchev–Trinajstić information content (AvgIpc) is 2.29. The van der Waals surface area contributed by atoms with Gasteiger partial charge in [0.25, 0.3) is 0 Å². The van der Waals surface area contributed by atoms with Gasteiger partial charge in [-0.25, -0.2) is 0 Å². The van der Waals surface area contributed by atoms with Crippen molar-refractivity contribution in [1.29, 1.82) is 0 Å². The van der Waals surface area contributed by atoms with Crippen LogP contribution in [0.15, 0.2) is 24.3 Å². The third kappa shape index (κ3) is 3.22. The van der Waals surface area contributed by atoms with Crippen LogP contribution in [0.3, 0.4) is 0 Å². The highest BCUT2D eigenvalue weighted by Gasteiger charge is 2.22. The summed E-state index contributed by atoms with van der Waals surface area (Å²) in [6.07, 6.45) is 1.51. The molecule has 2 nitrogen and oxygen atoms in total. The Morgan fingerprint density at radius 1 is 1.35 bits per heavy atom. The van der Waals surface area contributed by atoms with Crippen molar-refractivity contribution in [2.45, 2.75) is 39.2 Å². The van der Waals surface area contributed by atoms with Gasteiger partial charge in [-0.05, 0) is 56.3 Å². The zero-order valence-corrected chi connectivity index (χ0v) is 11.1. The van der Waals surface area contributed by atoms with Crippen LogP contribution in [0.4, 0.5) is 0 Å². The molecule has 0 aliphatic carbocycles. The highest BCUT2D eigenvalue weighted by Crippen LogP contribution is 2.30. The Bertz CT molecular complexity index is 362. The highest BCUT2D eigenvalue weighted by atomic mass is 16.5. The van der Waals surface area contributed by atoms with Crippen LogP contribution >= 0.6 is 0 Å². The minimum absolute atomic E-state index is 0.243. The Labute approximate surface area is 104 Å². The molecule has 1 aromatic rings. The SMILES string of the molecule is CC(C)Oc1cccc(C2CNCCC2C)c1. The second kappa shape index (κ2) is 5.54. The molecule has 1 aliphatic heterocycles. The molecule has 2 rings (SSSR count). The van der Waals surface area contributed by atoms with E-state index >= 15 is 0 Å². The lowest BCUT2D eigenvalue weighted by molar-refractivity contribution is 0.241. The fourth-order valence-corrected chi connectivity index (χ4v) is 2.53. The number of hydrogen-bond acceptors (Lipinski definition) is 2. The molecular weight excluding hydrogens is 210 g/mol. The van der Waals surface area contributed by atoms with Crippen molar-refractivity contribution in [3.05, 3.63) is 29.8 Å². The molecule has 0 bridgehead atoms. The van der Waals surface area contributed by atoms with E-state index in [0.29, 0.717) is 5.92 Å². The Balaban J connectivity index is 2.14. The average molecular weight is 233 g/mol. The molecule has 1 fully saturated rings. The van der Waals surface area contributed by atoms with Crippen LogP contribution in [0.25, 0.3) is 0 Å². The van der Waals surface area contributed by atoms with Gasteiger partial charge in [-0.3, -0.25) is 0 Å². The molecule has 94 valence electrons. The first-order valence-corrected chi connectivity index (χ1v) is 6.64. The minimum Gasteiger partial charge on any atom is -0.491 e. The van der Waals surface area contributed by atoms with Crippen LogP contribution in [0.2, 0.25) is 0 Å². The molecule has 2 unspecified atom stereocenters. The predicted octanol–water partition coefficient (Wildman–Crippen LogP) is 3.19. The van der Waals surface area contributed by atoms with Gasteiger partial charge in [0, 0.05) is 6.54 Å². The first-order chi connectivity index (χ1) is 8.16. The van der Waals surface area contributed by atoms with Crippen molar-refractivity contribution < 1.29 is 4.74 Å². The van der Waals surface area contributed by atoms with Crippen LogP contribution < -0.4 is 10.1 Å². The van der Waals surface area contributed by atoms with Crippen LogP contribution in [-0.2, 0) is 0 Å². The maximum atomic E-state index is 5.76. The smallest absolute Gasteiger partial charge is 0.119 e. The Morgan fingerprint density at radius 2 is 2.18 bits per heavy atom. The second-order valence-electron chi connectivity index (χ2n) is 5.32. The Morgan fingerprint density at radius 3 is 2.88 bits per heavy atom. The number of ether oxygens (including phenoxy) is 1. The van der Waals surface area contributed by atoms with Gasteiger partial charge in [-0.15, -0.1) is 0 Å². The number of benzene rings is 1. The Hall–Kier alpha value is -1.02. The van der Waals surface area contributed by atoms with Crippen molar-refractivity contribution in [1.82, 2.24) is 5.32 Å². The molecule has 1 N–H and O–H groups in total. The summed E-state index contributed by atoms with van der Waals surface area (Å²) in [5, 5.41) is 3.48. The summed E-state index contributed by atoms with van der Waals surface area (Å²) in [4.78, 5) is 0. The molecule has 1 saturated heterocycles. The minimum atomic E-state index is 0.243.